The van der Waals surface area contributed by atoms with E-state index in [-0.39, 0.29) is 5.91 Å². The van der Waals surface area contributed by atoms with Crippen LogP contribution in [0, 0.1) is 5.92 Å². The molecule has 0 aliphatic heterocycles. The number of carbonyl (C=O) groups is 1. The minimum Gasteiger partial charge on any atom is -0.351 e. The second-order valence-corrected chi connectivity index (χ2v) is 5.37. The van der Waals surface area contributed by atoms with Gasteiger partial charge in [0.25, 0.3) is 5.91 Å². The van der Waals surface area contributed by atoms with Crippen molar-refractivity contribution in [1.82, 2.24) is 15.1 Å². The van der Waals surface area contributed by atoms with E-state index in [0.717, 1.165) is 0 Å². The summed E-state index contributed by atoms with van der Waals surface area (Å²) in [5.41, 5.74) is 1.86. The lowest BCUT2D eigenvalue weighted by Gasteiger charge is -2.21. The van der Waals surface area contributed by atoms with Crippen LogP contribution in [-0.4, -0.2) is 22.2 Å². The summed E-state index contributed by atoms with van der Waals surface area (Å²) in [4.78, 5) is 12.1. The van der Waals surface area contributed by atoms with Crippen LogP contribution in [0.3, 0.4) is 0 Å². The summed E-state index contributed by atoms with van der Waals surface area (Å²) in [6.45, 7) is 4.98. The molecular weight excluding hydrogens is 250 g/mol. The van der Waals surface area contributed by atoms with Crippen molar-refractivity contribution in [1.29, 1.82) is 0 Å². The van der Waals surface area contributed by atoms with Gasteiger partial charge < -0.3 is 5.32 Å². The van der Waals surface area contributed by atoms with Crippen LogP contribution in [0.2, 0.25) is 0 Å². The number of hydrogen-bond acceptors (Lipinski definition) is 2. The van der Waals surface area contributed by atoms with Crippen LogP contribution in [0.5, 0.6) is 0 Å². The van der Waals surface area contributed by atoms with Gasteiger partial charge in [0.15, 0.2) is 0 Å². The summed E-state index contributed by atoms with van der Waals surface area (Å²) >= 11 is 0. The monoisotopic (exact) mass is 271 g/mol. The van der Waals surface area contributed by atoms with E-state index in [1.54, 1.807) is 24.1 Å². The number of benzene rings is 1. The number of carbonyl (C=O) groups excluding carboxylic acids is 1. The lowest BCUT2D eigenvalue weighted by molar-refractivity contribution is 0.0949. The van der Waals surface area contributed by atoms with E-state index in [1.165, 1.54) is 5.56 Å². The Labute approximate surface area is 119 Å². The Morgan fingerprint density at radius 3 is 2.55 bits per heavy atom. The highest BCUT2D eigenvalue weighted by Gasteiger charge is 2.17. The highest BCUT2D eigenvalue weighted by Crippen LogP contribution is 2.23. The summed E-state index contributed by atoms with van der Waals surface area (Å²) in [7, 11) is 1.80. The smallest absolute Gasteiger partial charge is 0.254 e. The molecule has 4 heteroatoms. The van der Waals surface area contributed by atoms with Crippen LogP contribution in [0.1, 0.15) is 35.7 Å². The molecule has 1 heterocycles. The summed E-state index contributed by atoms with van der Waals surface area (Å²) in [6.07, 6.45) is 3.31. The average molecular weight is 271 g/mol. The summed E-state index contributed by atoms with van der Waals surface area (Å²) in [5, 5.41) is 7.01. The fourth-order valence-corrected chi connectivity index (χ4v) is 2.28. The van der Waals surface area contributed by atoms with Gasteiger partial charge in [0.05, 0.1) is 11.8 Å². The third kappa shape index (κ3) is 3.47. The highest BCUT2D eigenvalue weighted by atomic mass is 16.1. The highest BCUT2D eigenvalue weighted by molar-refractivity contribution is 5.93. The molecule has 0 aliphatic rings. The predicted octanol–water partition coefficient (Wildman–Crippen LogP) is 2.59. The van der Waals surface area contributed by atoms with Crippen LogP contribution in [0.4, 0.5) is 0 Å². The van der Waals surface area contributed by atoms with Crippen molar-refractivity contribution < 1.29 is 4.79 Å². The van der Waals surface area contributed by atoms with Crippen molar-refractivity contribution in [3.63, 3.8) is 0 Å². The molecule has 0 saturated carbocycles. The second-order valence-electron chi connectivity index (χ2n) is 5.37. The number of hydrogen-bond donors (Lipinski definition) is 1. The predicted molar refractivity (Wildman–Crippen MR) is 79.6 cm³/mol. The molecule has 1 atom stereocenters. The SMILES string of the molecule is CC(C)C(CNC(=O)c1cnn(C)c1)c1ccccc1. The molecule has 2 rings (SSSR count). The average Bonchev–Trinajstić information content (AvgIpc) is 2.86. The first kappa shape index (κ1) is 14.3. The normalized spacial score (nSPS) is 12.4. The molecule has 0 fully saturated rings. The van der Waals surface area contributed by atoms with Gasteiger partial charge in [0, 0.05) is 25.7 Å². The van der Waals surface area contributed by atoms with Gasteiger partial charge >= 0.3 is 0 Å². The van der Waals surface area contributed by atoms with Gasteiger partial charge in [-0.25, -0.2) is 0 Å². The van der Waals surface area contributed by atoms with Crippen molar-refractivity contribution >= 4 is 5.91 Å². The molecule has 1 unspecified atom stereocenters. The Morgan fingerprint density at radius 2 is 2.00 bits per heavy atom. The van der Waals surface area contributed by atoms with Gasteiger partial charge in [0.2, 0.25) is 0 Å². The molecule has 1 amide bonds. The molecule has 2 aromatic rings. The van der Waals surface area contributed by atoms with Crippen LogP contribution in [-0.2, 0) is 7.05 Å². The molecule has 4 nitrogen and oxygen atoms in total. The third-order valence-corrected chi connectivity index (χ3v) is 3.48. The van der Waals surface area contributed by atoms with E-state index in [9.17, 15) is 4.79 Å². The van der Waals surface area contributed by atoms with Gasteiger partial charge in [-0.15, -0.1) is 0 Å². The summed E-state index contributed by atoms with van der Waals surface area (Å²) in [6, 6.07) is 10.3. The fourth-order valence-electron chi connectivity index (χ4n) is 2.28. The molecule has 0 aliphatic carbocycles. The first-order valence-electron chi connectivity index (χ1n) is 6.89. The zero-order valence-corrected chi connectivity index (χ0v) is 12.2. The zero-order valence-electron chi connectivity index (χ0n) is 12.2. The summed E-state index contributed by atoms with van der Waals surface area (Å²) < 4.78 is 1.63. The lowest BCUT2D eigenvalue weighted by atomic mass is 9.88. The Hall–Kier alpha value is -2.10. The first-order valence-corrected chi connectivity index (χ1v) is 6.89. The van der Waals surface area contributed by atoms with Gasteiger partial charge in [-0.3, -0.25) is 9.48 Å². The van der Waals surface area contributed by atoms with Crippen molar-refractivity contribution in [2.75, 3.05) is 6.54 Å². The maximum Gasteiger partial charge on any atom is 0.254 e. The Morgan fingerprint density at radius 1 is 1.30 bits per heavy atom. The molecule has 20 heavy (non-hydrogen) atoms. The molecule has 1 aromatic heterocycles. The maximum atomic E-state index is 12.1. The molecular formula is C16H21N3O. The Kier molecular flexibility index (Phi) is 4.56. The van der Waals surface area contributed by atoms with Crippen LogP contribution >= 0.6 is 0 Å². The van der Waals surface area contributed by atoms with E-state index >= 15 is 0 Å². The van der Waals surface area contributed by atoms with Crippen LogP contribution < -0.4 is 5.32 Å². The first-order chi connectivity index (χ1) is 9.58. The van der Waals surface area contributed by atoms with E-state index in [2.05, 4.69) is 36.4 Å². The van der Waals surface area contributed by atoms with Crippen LogP contribution in [0.15, 0.2) is 42.7 Å². The van der Waals surface area contributed by atoms with Crippen molar-refractivity contribution in [2.24, 2.45) is 13.0 Å². The maximum absolute atomic E-state index is 12.1. The quantitative estimate of drug-likeness (QED) is 0.908. The fraction of sp³-hybridized carbons (Fsp3) is 0.375. The number of aryl methyl sites for hydroxylation is 1. The molecule has 1 N–H and O–H groups in total. The van der Waals surface area contributed by atoms with Crippen LogP contribution in [0.25, 0.3) is 0 Å². The van der Waals surface area contributed by atoms with Gasteiger partial charge in [0.1, 0.15) is 0 Å². The molecule has 1 aromatic carbocycles. The molecule has 0 spiro atoms. The van der Waals surface area contributed by atoms with Crippen molar-refractivity contribution in [3.8, 4) is 0 Å². The number of nitrogens with one attached hydrogen (secondary N) is 1. The molecule has 0 saturated heterocycles. The van der Waals surface area contributed by atoms with E-state index < -0.39 is 0 Å². The number of aromatic nitrogens is 2. The molecule has 0 radical (unpaired) electrons. The van der Waals surface area contributed by atoms with E-state index in [4.69, 9.17) is 0 Å². The number of rotatable bonds is 5. The minimum absolute atomic E-state index is 0.0697. The Balaban J connectivity index is 2.01. The molecule has 106 valence electrons. The van der Waals surface area contributed by atoms with Crippen molar-refractivity contribution in [3.05, 3.63) is 53.9 Å². The van der Waals surface area contributed by atoms with E-state index in [1.807, 2.05) is 18.2 Å². The third-order valence-electron chi connectivity index (χ3n) is 3.48. The largest absolute Gasteiger partial charge is 0.351 e. The minimum atomic E-state index is -0.0697. The second kappa shape index (κ2) is 6.37. The van der Waals surface area contributed by atoms with Gasteiger partial charge in [-0.05, 0) is 11.5 Å². The Bertz CT molecular complexity index is 560. The standard InChI is InChI=1S/C16H21N3O/c1-12(2)15(13-7-5-4-6-8-13)10-17-16(20)14-9-18-19(3)11-14/h4-9,11-12,15H,10H2,1-3H3,(H,17,20). The molecule has 0 bridgehead atoms. The topological polar surface area (TPSA) is 46.9 Å². The van der Waals surface area contributed by atoms with E-state index in [0.29, 0.717) is 23.9 Å². The summed E-state index contributed by atoms with van der Waals surface area (Å²) in [5.74, 6) is 0.711. The zero-order chi connectivity index (χ0) is 14.5. The lowest BCUT2D eigenvalue weighted by Crippen LogP contribution is -2.30. The number of nitrogens with zero attached hydrogens (tertiary/aromatic N) is 2. The number of amides is 1. The van der Waals surface area contributed by atoms with Gasteiger partial charge in [-0.1, -0.05) is 44.2 Å². The van der Waals surface area contributed by atoms with Gasteiger partial charge in [-0.2, -0.15) is 5.10 Å². The van der Waals surface area contributed by atoms with Crippen molar-refractivity contribution in [2.45, 2.75) is 19.8 Å².